The predicted octanol–water partition coefficient (Wildman–Crippen LogP) is 4.74. The average molecular weight is 608 g/mol. The van der Waals surface area contributed by atoms with Crippen LogP contribution in [0.25, 0.3) is 0 Å². The first-order valence-electron chi connectivity index (χ1n) is 14.7. The number of carbonyl (C=O) groups is 3. The Bertz CT molecular complexity index is 1120. The Labute approximate surface area is 254 Å². The van der Waals surface area contributed by atoms with Gasteiger partial charge in [0, 0.05) is 36.3 Å². The van der Waals surface area contributed by atoms with Crippen molar-refractivity contribution in [2.75, 3.05) is 19.6 Å². The number of phenols is 1. The number of non-ortho nitro benzene ring substituents is 1. The van der Waals surface area contributed by atoms with Crippen LogP contribution in [0.1, 0.15) is 93.6 Å². The van der Waals surface area contributed by atoms with Gasteiger partial charge in [0.05, 0.1) is 24.6 Å². The van der Waals surface area contributed by atoms with Crippen molar-refractivity contribution >= 4 is 23.6 Å². The number of ether oxygens (including phenoxy) is 3. The van der Waals surface area contributed by atoms with Crippen LogP contribution in [0.15, 0.2) is 18.2 Å². The van der Waals surface area contributed by atoms with Crippen LogP contribution in [0.3, 0.4) is 0 Å². The molecule has 0 unspecified atom stereocenters. The second-order valence-corrected chi connectivity index (χ2v) is 14.1. The molecule has 1 aliphatic rings. The molecule has 0 amide bonds. The second-order valence-electron chi connectivity index (χ2n) is 14.1. The van der Waals surface area contributed by atoms with Crippen molar-refractivity contribution in [3.63, 3.8) is 0 Å². The summed E-state index contributed by atoms with van der Waals surface area (Å²) < 4.78 is 16.8. The first-order chi connectivity index (χ1) is 19.6. The molecule has 0 saturated heterocycles. The van der Waals surface area contributed by atoms with E-state index < -0.39 is 39.6 Å². The molecule has 43 heavy (non-hydrogen) atoms. The molecule has 2 atom stereocenters. The van der Waals surface area contributed by atoms with E-state index in [2.05, 4.69) is 0 Å². The van der Waals surface area contributed by atoms with Crippen LogP contribution < -0.4 is 0 Å². The van der Waals surface area contributed by atoms with E-state index in [0.29, 0.717) is 12.8 Å². The first kappa shape index (κ1) is 35.9. The highest BCUT2D eigenvalue weighted by atomic mass is 16.6. The van der Waals surface area contributed by atoms with Crippen LogP contribution in [0.2, 0.25) is 0 Å². The van der Waals surface area contributed by atoms with Gasteiger partial charge in [0.2, 0.25) is 0 Å². The van der Waals surface area contributed by atoms with Crippen molar-refractivity contribution in [2.45, 2.75) is 123 Å². The van der Waals surface area contributed by atoms with E-state index in [-0.39, 0.29) is 55.3 Å². The lowest BCUT2D eigenvalue weighted by molar-refractivity contribution is -0.385. The topological polar surface area (TPSA) is 149 Å². The molecular formula is C31H49N3O9. The number of nitro benzene ring substituents is 1. The van der Waals surface area contributed by atoms with Gasteiger partial charge < -0.3 is 19.3 Å². The number of hydrogen-bond donors (Lipinski definition) is 1. The monoisotopic (exact) mass is 607 g/mol. The molecule has 1 N–H and O–H groups in total. The third-order valence-corrected chi connectivity index (χ3v) is 6.54. The summed E-state index contributed by atoms with van der Waals surface area (Å²) in [6.45, 7) is 15.3. The molecule has 0 bridgehead atoms. The number of hydrogen-bond acceptors (Lipinski definition) is 11. The molecule has 12 nitrogen and oxygen atoms in total. The van der Waals surface area contributed by atoms with Gasteiger partial charge in [0.25, 0.3) is 5.69 Å². The van der Waals surface area contributed by atoms with E-state index in [1.54, 1.807) is 67.2 Å². The fourth-order valence-corrected chi connectivity index (χ4v) is 5.17. The van der Waals surface area contributed by atoms with Gasteiger partial charge in [-0.3, -0.25) is 34.3 Å². The quantitative estimate of drug-likeness (QED) is 0.161. The van der Waals surface area contributed by atoms with Crippen molar-refractivity contribution in [1.29, 1.82) is 0 Å². The number of nitro groups is 1. The Morgan fingerprint density at radius 1 is 0.791 bits per heavy atom. The molecule has 1 fully saturated rings. The summed E-state index contributed by atoms with van der Waals surface area (Å²) in [6, 6.07) is 3.01. The molecule has 0 radical (unpaired) electrons. The molecule has 242 valence electrons. The summed E-state index contributed by atoms with van der Waals surface area (Å²) >= 11 is 0. The van der Waals surface area contributed by atoms with Gasteiger partial charge in [-0.2, -0.15) is 0 Å². The average Bonchev–Trinajstić information content (AvgIpc) is 2.80. The van der Waals surface area contributed by atoms with E-state index in [1.807, 2.05) is 4.90 Å². The van der Waals surface area contributed by atoms with Gasteiger partial charge in [-0.15, -0.1) is 0 Å². The molecule has 0 spiro atoms. The van der Waals surface area contributed by atoms with Crippen molar-refractivity contribution in [3.05, 3.63) is 33.9 Å². The molecule has 1 aliphatic carbocycles. The molecule has 0 aromatic heterocycles. The van der Waals surface area contributed by atoms with E-state index in [4.69, 9.17) is 14.2 Å². The fourth-order valence-electron chi connectivity index (χ4n) is 5.17. The number of benzene rings is 1. The van der Waals surface area contributed by atoms with Crippen LogP contribution in [-0.4, -0.2) is 86.3 Å². The highest BCUT2D eigenvalue weighted by Gasteiger charge is 2.38. The highest BCUT2D eigenvalue weighted by molar-refractivity contribution is 5.75. The van der Waals surface area contributed by atoms with Gasteiger partial charge >= 0.3 is 17.9 Å². The molecule has 1 saturated carbocycles. The van der Waals surface area contributed by atoms with Crippen molar-refractivity contribution in [1.82, 2.24) is 9.80 Å². The molecule has 12 heteroatoms. The molecule has 1 aromatic carbocycles. The van der Waals surface area contributed by atoms with E-state index in [0.717, 1.165) is 12.8 Å². The van der Waals surface area contributed by atoms with Crippen molar-refractivity contribution < 1.29 is 38.6 Å². The summed E-state index contributed by atoms with van der Waals surface area (Å²) in [6.07, 6.45) is 2.87. The standard InChI is InChI=1S/C31H49N3O9/c1-29(2,3)41-26(36)18-32(17-21-16-22(34(39)40)14-15-25(21)35)23-12-10-11-13-24(23)33(19-27(37)42-30(4,5)6)20-28(38)43-31(7,8)9/h14-16,23-24,35H,10-13,17-20H2,1-9H3/t23-,24-/m1/s1. The van der Waals surface area contributed by atoms with Crippen LogP contribution in [-0.2, 0) is 35.1 Å². The summed E-state index contributed by atoms with van der Waals surface area (Å²) in [5.41, 5.74) is -2.14. The first-order valence-corrected chi connectivity index (χ1v) is 14.7. The van der Waals surface area contributed by atoms with E-state index in [1.165, 1.54) is 18.2 Å². The lowest BCUT2D eigenvalue weighted by atomic mass is 9.87. The maximum Gasteiger partial charge on any atom is 0.320 e. The Morgan fingerprint density at radius 2 is 1.19 bits per heavy atom. The van der Waals surface area contributed by atoms with Crippen molar-refractivity contribution in [3.8, 4) is 5.75 Å². The second kappa shape index (κ2) is 14.5. The van der Waals surface area contributed by atoms with E-state index >= 15 is 0 Å². The summed E-state index contributed by atoms with van der Waals surface area (Å²) in [5.74, 6) is -1.66. The predicted molar refractivity (Wildman–Crippen MR) is 160 cm³/mol. The maximum atomic E-state index is 13.1. The fraction of sp³-hybridized carbons (Fsp3) is 0.710. The van der Waals surface area contributed by atoms with Gasteiger partial charge in [-0.05, 0) is 81.2 Å². The number of rotatable bonds is 11. The summed E-state index contributed by atoms with van der Waals surface area (Å²) in [5, 5.41) is 22.1. The Balaban J connectivity index is 2.52. The van der Waals surface area contributed by atoms with Gasteiger partial charge in [0.15, 0.2) is 0 Å². The van der Waals surface area contributed by atoms with Gasteiger partial charge in [0.1, 0.15) is 22.6 Å². The number of phenolic OH excluding ortho intramolecular Hbond substituents is 1. The van der Waals surface area contributed by atoms with E-state index in [9.17, 15) is 29.6 Å². The lowest BCUT2D eigenvalue weighted by Gasteiger charge is -2.44. The maximum absolute atomic E-state index is 13.1. The van der Waals surface area contributed by atoms with Crippen LogP contribution in [0, 0.1) is 10.1 Å². The third kappa shape index (κ3) is 12.9. The Kier molecular flexibility index (Phi) is 12.1. The lowest BCUT2D eigenvalue weighted by Crippen LogP contribution is -2.57. The molecule has 1 aromatic rings. The number of esters is 3. The molecule has 0 aliphatic heterocycles. The number of nitrogens with zero attached hydrogens (tertiary/aromatic N) is 3. The molecule has 2 rings (SSSR count). The number of aromatic hydroxyl groups is 1. The van der Waals surface area contributed by atoms with Crippen molar-refractivity contribution in [2.24, 2.45) is 0 Å². The Morgan fingerprint density at radius 3 is 1.58 bits per heavy atom. The van der Waals surface area contributed by atoms with Gasteiger partial charge in [-0.1, -0.05) is 12.8 Å². The van der Waals surface area contributed by atoms with Gasteiger partial charge in [-0.25, -0.2) is 0 Å². The number of carbonyl (C=O) groups excluding carboxylic acids is 3. The SMILES string of the molecule is CC(C)(C)OC(=O)CN(CC(=O)OC(C)(C)C)[C@@H]1CCCC[C@H]1N(CC(=O)OC(C)(C)C)Cc1cc([N+](=O)[O-])ccc1O. The minimum absolute atomic E-state index is 0.000633. The third-order valence-electron chi connectivity index (χ3n) is 6.54. The molecule has 0 heterocycles. The van der Waals surface area contributed by atoms with Crippen LogP contribution >= 0.6 is 0 Å². The normalized spacial score (nSPS) is 17.9. The zero-order valence-corrected chi connectivity index (χ0v) is 27.1. The van der Waals surface area contributed by atoms with Crippen LogP contribution in [0.5, 0.6) is 5.75 Å². The zero-order valence-electron chi connectivity index (χ0n) is 27.1. The smallest absolute Gasteiger partial charge is 0.320 e. The summed E-state index contributed by atoms with van der Waals surface area (Å²) in [7, 11) is 0. The highest BCUT2D eigenvalue weighted by Crippen LogP contribution is 2.32. The zero-order chi connectivity index (χ0) is 32.8. The molecular weight excluding hydrogens is 558 g/mol. The minimum Gasteiger partial charge on any atom is -0.508 e. The van der Waals surface area contributed by atoms with Crippen LogP contribution in [0.4, 0.5) is 5.69 Å². The largest absolute Gasteiger partial charge is 0.508 e. The Hall–Kier alpha value is -3.25. The summed E-state index contributed by atoms with van der Waals surface area (Å²) in [4.78, 5) is 53.6. The minimum atomic E-state index is -0.748.